The number of thiocarbonyl (C=S) groups is 1. The molecule has 1 aliphatic heterocycles. The Balaban J connectivity index is 0.000000469. The first kappa shape index (κ1) is 23.3. The van der Waals surface area contributed by atoms with E-state index in [1.54, 1.807) is 0 Å². The number of rotatable bonds is 5. The van der Waals surface area contributed by atoms with Gasteiger partial charge in [-0.1, -0.05) is 60.7 Å². The molecule has 0 amide bonds. The Hall–Kier alpha value is -2.97. The summed E-state index contributed by atoms with van der Waals surface area (Å²) in [6, 6.07) is 21.2. The van der Waals surface area contributed by atoms with E-state index in [2.05, 4.69) is 75.8 Å². The van der Waals surface area contributed by atoms with Gasteiger partial charge in [-0.25, -0.2) is 9.59 Å². The highest BCUT2D eigenvalue weighted by Crippen LogP contribution is 2.08. The highest BCUT2D eigenvalue weighted by molar-refractivity contribution is 7.80. The molecule has 1 aliphatic rings. The summed E-state index contributed by atoms with van der Waals surface area (Å²) < 4.78 is 0. The SMILES string of the molecule is O=C(O)C(=O)O.S=C(NCCc1ccccc1)N1CCN(Cc2ccccc2)CC1. The van der Waals surface area contributed by atoms with Crippen LogP contribution in [-0.2, 0) is 22.6 Å². The number of piperazine rings is 1. The van der Waals surface area contributed by atoms with E-state index in [1.807, 2.05) is 0 Å². The number of carboxylic acid groups (broad SMARTS) is 2. The molecule has 0 aromatic heterocycles. The third kappa shape index (κ3) is 8.59. The lowest BCUT2D eigenvalue weighted by Gasteiger charge is -2.36. The van der Waals surface area contributed by atoms with Crippen LogP contribution in [0.15, 0.2) is 60.7 Å². The third-order valence-electron chi connectivity index (χ3n) is 4.62. The average Bonchev–Trinajstić information content (AvgIpc) is 2.76. The first-order valence-electron chi connectivity index (χ1n) is 9.75. The van der Waals surface area contributed by atoms with E-state index >= 15 is 0 Å². The molecule has 3 rings (SSSR count). The van der Waals surface area contributed by atoms with Crippen LogP contribution in [0.2, 0.25) is 0 Å². The highest BCUT2D eigenvalue weighted by Gasteiger charge is 2.18. The summed E-state index contributed by atoms with van der Waals surface area (Å²) in [4.78, 5) is 23.0. The second-order valence-electron chi connectivity index (χ2n) is 6.83. The first-order chi connectivity index (χ1) is 14.5. The van der Waals surface area contributed by atoms with Gasteiger partial charge in [0.05, 0.1) is 0 Å². The van der Waals surface area contributed by atoms with E-state index in [1.165, 1.54) is 11.1 Å². The Labute approximate surface area is 181 Å². The van der Waals surface area contributed by atoms with E-state index in [-0.39, 0.29) is 0 Å². The number of carbonyl (C=O) groups is 2. The molecule has 2 aromatic rings. The number of hydrogen-bond donors (Lipinski definition) is 3. The molecule has 1 saturated heterocycles. The molecular weight excluding hydrogens is 402 g/mol. The second kappa shape index (κ2) is 12.6. The number of nitrogens with zero attached hydrogens (tertiary/aromatic N) is 2. The lowest BCUT2D eigenvalue weighted by molar-refractivity contribution is -0.159. The molecule has 0 aliphatic carbocycles. The maximum absolute atomic E-state index is 9.10. The Kier molecular flexibility index (Phi) is 9.76. The standard InChI is InChI=1S/C20H25N3S.C2H2O4/c24-20(21-12-11-18-7-3-1-4-8-18)23-15-13-22(14-16-23)17-19-9-5-2-6-10-19;3-1(4)2(5)6/h1-10H,11-17H2,(H,21,24);(H,3,4)(H,5,6). The van der Waals surface area contributed by atoms with Crippen LogP contribution in [0.4, 0.5) is 0 Å². The summed E-state index contributed by atoms with van der Waals surface area (Å²) in [5, 5.41) is 19.1. The van der Waals surface area contributed by atoms with Gasteiger partial charge in [0.15, 0.2) is 5.11 Å². The molecule has 1 heterocycles. The molecular formula is C22H27N3O4S. The summed E-state index contributed by atoms with van der Waals surface area (Å²) in [7, 11) is 0. The van der Waals surface area contributed by atoms with E-state index in [9.17, 15) is 0 Å². The normalized spacial score (nSPS) is 13.7. The maximum Gasteiger partial charge on any atom is 0.414 e. The van der Waals surface area contributed by atoms with E-state index in [4.69, 9.17) is 32.0 Å². The fourth-order valence-corrected chi connectivity index (χ4v) is 3.31. The monoisotopic (exact) mass is 429 g/mol. The van der Waals surface area contributed by atoms with E-state index < -0.39 is 11.9 Å². The van der Waals surface area contributed by atoms with Crippen molar-refractivity contribution in [3.8, 4) is 0 Å². The molecule has 0 spiro atoms. The molecule has 0 radical (unpaired) electrons. The Morgan fingerprint density at radius 1 is 0.833 bits per heavy atom. The fourth-order valence-electron chi connectivity index (χ4n) is 3.02. The number of aliphatic carboxylic acids is 2. The van der Waals surface area contributed by atoms with E-state index in [0.717, 1.165) is 50.8 Å². The summed E-state index contributed by atoms with van der Waals surface area (Å²) in [6.45, 7) is 6.06. The van der Waals surface area contributed by atoms with Gasteiger partial charge in [-0.15, -0.1) is 0 Å². The van der Waals surface area contributed by atoms with Crippen LogP contribution in [0.3, 0.4) is 0 Å². The Morgan fingerprint density at radius 2 is 1.33 bits per heavy atom. The average molecular weight is 430 g/mol. The number of carboxylic acids is 2. The van der Waals surface area contributed by atoms with Gasteiger partial charge in [0.2, 0.25) is 0 Å². The van der Waals surface area contributed by atoms with Crippen LogP contribution in [-0.4, -0.2) is 69.8 Å². The first-order valence-corrected chi connectivity index (χ1v) is 10.2. The molecule has 3 N–H and O–H groups in total. The van der Waals surface area contributed by atoms with Gasteiger partial charge in [-0.2, -0.15) is 0 Å². The van der Waals surface area contributed by atoms with Crippen molar-refractivity contribution in [1.82, 2.24) is 15.1 Å². The number of hydrogen-bond acceptors (Lipinski definition) is 4. The second-order valence-corrected chi connectivity index (χ2v) is 7.21. The van der Waals surface area contributed by atoms with Gasteiger partial charge in [0.25, 0.3) is 0 Å². The zero-order valence-corrected chi connectivity index (χ0v) is 17.6. The lowest BCUT2D eigenvalue weighted by atomic mass is 10.1. The fraction of sp³-hybridized carbons (Fsp3) is 0.318. The quantitative estimate of drug-likeness (QED) is 0.491. The molecule has 8 heteroatoms. The van der Waals surface area contributed by atoms with Gasteiger partial charge in [0, 0.05) is 39.3 Å². The summed E-state index contributed by atoms with van der Waals surface area (Å²) in [5.41, 5.74) is 2.73. The van der Waals surface area contributed by atoms with Crippen LogP contribution in [0.1, 0.15) is 11.1 Å². The van der Waals surface area contributed by atoms with E-state index in [0.29, 0.717) is 0 Å². The molecule has 2 aromatic carbocycles. The number of nitrogens with one attached hydrogen (secondary N) is 1. The van der Waals surface area contributed by atoms with Crippen molar-refractivity contribution in [2.75, 3.05) is 32.7 Å². The topological polar surface area (TPSA) is 93.1 Å². The molecule has 7 nitrogen and oxygen atoms in total. The Bertz CT molecular complexity index is 798. The van der Waals surface area contributed by atoms with Gasteiger partial charge in [0.1, 0.15) is 0 Å². The maximum atomic E-state index is 9.10. The molecule has 0 unspecified atom stereocenters. The highest BCUT2D eigenvalue weighted by atomic mass is 32.1. The molecule has 0 bridgehead atoms. The lowest BCUT2D eigenvalue weighted by Crippen LogP contribution is -2.51. The van der Waals surface area contributed by atoms with Gasteiger partial charge < -0.3 is 20.4 Å². The van der Waals surface area contributed by atoms with Crippen molar-refractivity contribution in [1.29, 1.82) is 0 Å². The molecule has 160 valence electrons. The Morgan fingerprint density at radius 3 is 1.83 bits per heavy atom. The van der Waals surface area contributed by atoms with Crippen LogP contribution < -0.4 is 5.32 Å². The predicted molar refractivity (Wildman–Crippen MR) is 119 cm³/mol. The minimum absolute atomic E-state index is 0.894. The minimum Gasteiger partial charge on any atom is -0.473 e. The predicted octanol–water partition coefficient (Wildman–Crippen LogP) is 2.08. The van der Waals surface area contributed by atoms with Gasteiger partial charge >= 0.3 is 11.9 Å². The zero-order valence-electron chi connectivity index (χ0n) is 16.7. The van der Waals surface area contributed by atoms with Crippen molar-refractivity contribution in [3.05, 3.63) is 71.8 Å². The third-order valence-corrected chi connectivity index (χ3v) is 5.03. The largest absolute Gasteiger partial charge is 0.473 e. The zero-order chi connectivity index (χ0) is 21.8. The number of benzene rings is 2. The van der Waals surface area contributed by atoms with Crippen LogP contribution in [0.25, 0.3) is 0 Å². The minimum atomic E-state index is -1.82. The van der Waals surface area contributed by atoms with Crippen LogP contribution in [0, 0.1) is 0 Å². The van der Waals surface area contributed by atoms with Crippen molar-refractivity contribution in [2.24, 2.45) is 0 Å². The van der Waals surface area contributed by atoms with Crippen molar-refractivity contribution < 1.29 is 19.8 Å². The summed E-state index contributed by atoms with van der Waals surface area (Å²) in [6.07, 6.45) is 1.01. The van der Waals surface area contributed by atoms with Crippen LogP contribution >= 0.6 is 12.2 Å². The van der Waals surface area contributed by atoms with Crippen LogP contribution in [0.5, 0.6) is 0 Å². The van der Waals surface area contributed by atoms with Gasteiger partial charge in [-0.05, 0) is 29.8 Å². The molecule has 0 atom stereocenters. The van der Waals surface area contributed by atoms with Crippen molar-refractivity contribution >= 4 is 29.3 Å². The summed E-state index contributed by atoms with van der Waals surface area (Å²) >= 11 is 5.55. The van der Waals surface area contributed by atoms with Gasteiger partial charge in [-0.3, -0.25) is 4.90 Å². The molecule has 30 heavy (non-hydrogen) atoms. The van der Waals surface area contributed by atoms with Crippen molar-refractivity contribution in [3.63, 3.8) is 0 Å². The molecule has 0 saturated carbocycles. The molecule has 1 fully saturated rings. The van der Waals surface area contributed by atoms with Crippen molar-refractivity contribution in [2.45, 2.75) is 13.0 Å². The smallest absolute Gasteiger partial charge is 0.414 e. The summed E-state index contributed by atoms with van der Waals surface area (Å²) in [5.74, 6) is -3.65.